The molecule has 0 aliphatic heterocycles. The average molecular weight is 440 g/mol. The molecule has 4 aromatic rings. The molecule has 166 valence electrons. The maximum Gasteiger partial charge on any atom is 0.355 e. The molecule has 0 fully saturated rings. The minimum absolute atomic E-state index is 0.00233. The second kappa shape index (κ2) is 9.00. The van der Waals surface area contributed by atoms with Crippen LogP contribution < -0.4 is 11.5 Å². The van der Waals surface area contributed by atoms with E-state index in [-0.39, 0.29) is 18.3 Å². The van der Waals surface area contributed by atoms with Crippen LogP contribution in [0.3, 0.4) is 0 Å². The maximum atomic E-state index is 13.1. The number of amidine groups is 2. The van der Waals surface area contributed by atoms with Crippen molar-refractivity contribution in [1.82, 2.24) is 4.57 Å². The van der Waals surface area contributed by atoms with Crippen LogP contribution in [-0.4, -0.2) is 22.2 Å². The molecule has 0 bridgehead atoms. The van der Waals surface area contributed by atoms with Gasteiger partial charge in [-0.1, -0.05) is 48.5 Å². The Hall–Kier alpha value is -4.39. The number of nitrogens with two attached hydrogens (primary N) is 2. The van der Waals surface area contributed by atoms with Crippen molar-refractivity contribution in [3.8, 4) is 0 Å². The molecule has 4 rings (SSSR count). The van der Waals surface area contributed by atoms with Crippen LogP contribution in [0.5, 0.6) is 0 Å². The molecule has 0 saturated carbocycles. The molecule has 0 aliphatic carbocycles. The highest BCUT2D eigenvalue weighted by Gasteiger charge is 2.18. The highest BCUT2D eigenvalue weighted by atomic mass is 16.5. The monoisotopic (exact) mass is 439 g/mol. The quantitative estimate of drug-likeness (QED) is 0.197. The van der Waals surface area contributed by atoms with Gasteiger partial charge in [-0.05, 0) is 47.9 Å². The lowest BCUT2D eigenvalue weighted by molar-refractivity contribution is 0.0461. The van der Waals surface area contributed by atoms with Crippen molar-refractivity contribution in [2.45, 2.75) is 20.1 Å². The fourth-order valence-electron chi connectivity index (χ4n) is 3.84. The topological polar surface area (TPSA) is 131 Å². The van der Waals surface area contributed by atoms with Gasteiger partial charge in [-0.15, -0.1) is 0 Å². The Balaban J connectivity index is 1.67. The Morgan fingerprint density at radius 1 is 0.879 bits per heavy atom. The number of nitrogen functional groups attached to an aromatic ring is 2. The van der Waals surface area contributed by atoms with Crippen molar-refractivity contribution in [1.29, 1.82) is 10.8 Å². The third-order valence-electron chi connectivity index (χ3n) is 5.56. The summed E-state index contributed by atoms with van der Waals surface area (Å²) in [7, 11) is 0. The molecule has 0 spiro atoms. The number of fused-ring (bicyclic) bond motifs is 1. The number of benzene rings is 3. The van der Waals surface area contributed by atoms with Gasteiger partial charge >= 0.3 is 5.97 Å². The van der Waals surface area contributed by atoms with E-state index in [1.165, 1.54) is 0 Å². The smallest absolute Gasteiger partial charge is 0.355 e. The number of esters is 1. The summed E-state index contributed by atoms with van der Waals surface area (Å²) in [6.45, 7) is 2.50. The molecular weight excluding hydrogens is 414 g/mol. The number of aromatic nitrogens is 1. The molecule has 0 radical (unpaired) electrons. The average Bonchev–Trinajstić information content (AvgIpc) is 3.17. The molecule has 1 heterocycles. The zero-order chi connectivity index (χ0) is 23.5. The molecule has 6 N–H and O–H groups in total. The Morgan fingerprint density at radius 3 is 2.15 bits per heavy atom. The third-order valence-corrected chi connectivity index (χ3v) is 5.56. The number of hydrogen-bond donors (Lipinski definition) is 4. The van der Waals surface area contributed by atoms with E-state index < -0.39 is 5.97 Å². The summed E-state index contributed by atoms with van der Waals surface area (Å²) >= 11 is 0. The first-order chi connectivity index (χ1) is 15.8. The number of aryl methyl sites for hydroxylation is 1. The first-order valence-electron chi connectivity index (χ1n) is 10.5. The van der Waals surface area contributed by atoms with Crippen LogP contribution in [0.15, 0.2) is 72.8 Å². The normalized spacial score (nSPS) is 10.8. The first kappa shape index (κ1) is 21.8. The van der Waals surface area contributed by atoms with Gasteiger partial charge in [0.25, 0.3) is 0 Å². The Morgan fingerprint density at radius 2 is 1.48 bits per heavy atom. The van der Waals surface area contributed by atoms with E-state index in [0.717, 1.165) is 27.6 Å². The van der Waals surface area contributed by atoms with E-state index in [4.69, 9.17) is 27.0 Å². The van der Waals surface area contributed by atoms with E-state index in [1.54, 1.807) is 24.3 Å². The zero-order valence-electron chi connectivity index (χ0n) is 18.3. The number of nitrogens with one attached hydrogen (secondary N) is 2. The number of ether oxygens (including phenoxy) is 1. The fourth-order valence-corrected chi connectivity index (χ4v) is 3.84. The van der Waals surface area contributed by atoms with Gasteiger partial charge in [0.15, 0.2) is 0 Å². The summed E-state index contributed by atoms with van der Waals surface area (Å²) in [5.41, 5.74) is 16.5. The minimum Gasteiger partial charge on any atom is -0.456 e. The SMILES string of the molecule is Cc1cccc2c1cc(C(=O)OCc1cccc(C(=N)N)c1)n2Cc1cccc(C(=N)N)c1. The van der Waals surface area contributed by atoms with Crippen LogP contribution in [0.1, 0.15) is 38.3 Å². The molecule has 7 heteroatoms. The lowest BCUT2D eigenvalue weighted by Gasteiger charge is -2.12. The van der Waals surface area contributed by atoms with Gasteiger partial charge < -0.3 is 20.8 Å². The lowest BCUT2D eigenvalue weighted by atomic mass is 10.1. The maximum absolute atomic E-state index is 13.1. The molecule has 0 unspecified atom stereocenters. The number of hydrogen-bond acceptors (Lipinski definition) is 4. The van der Waals surface area contributed by atoms with Gasteiger partial charge in [-0.3, -0.25) is 10.8 Å². The second-order valence-electron chi connectivity index (χ2n) is 7.93. The van der Waals surface area contributed by atoms with E-state index >= 15 is 0 Å². The Labute approximate surface area is 191 Å². The van der Waals surface area contributed by atoms with Crippen molar-refractivity contribution in [2.75, 3.05) is 0 Å². The van der Waals surface area contributed by atoms with Gasteiger partial charge in [0.1, 0.15) is 24.0 Å². The molecule has 0 saturated heterocycles. The predicted octanol–water partition coefficient (Wildman–Crippen LogP) is 3.92. The number of carbonyl (C=O) groups excluding carboxylic acids is 1. The third kappa shape index (κ3) is 4.62. The van der Waals surface area contributed by atoms with Crippen LogP contribution in [0.2, 0.25) is 0 Å². The predicted molar refractivity (Wildman–Crippen MR) is 130 cm³/mol. The largest absolute Gasteiger partial charge is 0.456 e. The van der Waals surface area contributed by atoms with E-state index in [1.807, 2.05) is 60.0 Å². The second-order valence-corrected chi connectivity index (χ2v) is 7.93. The van der Waals surface area contributed by atoms with Crippen LogP contribution in [0, 0.1) is 17.7 Å². The van der Waals surface area contributed by atoms with Crippen LogP contribution in [-0.2, 0) is 17.9 Å². The first-order valence-corrected chi connectivity index (χ1v) is 10.5. The summed E-state index contributed by atoms with van der Waals surface area (Å²) in [6, 6.07) is 22.3. The molecular formula is C26H25N5O2. The van der Waals surface area contributed by atoms with Gasteiger partial charge in [-0.25, -0.2) is 4.79 Å². The van der Waals surface area contributed by atoms with Crippen molar-refractivity contribution < 1.29 is 9.53 Å². The molecule has 0 amide bonds. The minimum atomic E-state index is -0.443. The summed E-state index contributed by atoms with van der Waals surface area (Å²) in [5.74, 6) is -0.481. The molecule has 0 atom stereocenters. The number of carbonyl (C=O) groups is 1. The summed E-state index contributed by atoms with van der Waals surface area (Å²) in [6.07, 6.45) is 0. The summed E-state index contributed by atoms with van der Waals surface area (Å²) < 4.78 is 7.56. The number of rotatable bonds is 7. The van der Waals surface area contributed by atoms with Gasteiger partial charge in [0, 0.05) is 28.6 Å². The lowest BCUT2D eigenvalue weighted by Crippen LogP contribution is -2.15. The molecule has 0 aliphatic rings. The van der Waals surface area contributed by atoms with Gasteiger partial charge in [-0.2, -0.15) is 0 Å². The van der Waals surface area contributed by atoms with E-state index in [0.29, 0.717) is 23.4 Å². The van der Waals surface area contributed by atoms with Crippen LogP contribution in [0.4, 0.5) is 0 Å². The van der Waals surface area contributed by atoms with E-state index in [2.05, 4.69) is 0 Å². The molecule has 3 aromatic carbocycles. The van der Waals surface area contributed by atoms with Gasteiger partial charge in [0.2, 0.25) is 0 Å². The Bertz CT molecular complexity index is 1390. The standard InChI is InChI=1S/C26H25N5O2/c1-16-5-2-10-22-21(16)13-23(31(22)14-17-6-3-8-19(11-17)24(27)28)26(32)33-15-18-7-4-9-20(12-18)25(29)30/h2-13H,14-15H2,1H3,(H3,27,28)(H3,29,30). The highest BCUT2D eigenvalue weighted by Crippen LogP contribution is 2.25. The highest BCUT2D eigenvalue weighted by molar-refractivity contribution is 5.97. The van der Waals surface area contributed by atoms with Gasteiger partial charge in [0.05, 0.1) is 0 Å². The molecule has 7 nitrogen and oxygen atoms in total. The fraction of sp³-hybridized carbons (Fsp3) is 0.115. The summed E-state index contributed by atoms with van der Waals surface area (Å²) in [5, 5.41) is 16.3. The molecule has 1 aromatic heterocycles. The Kier molecular flexibility index (Phi) is 5.95. The summed E-state index contributed by atoms with van der Waals surface area (Å²) in [4.78, 5) is 13.1. The van der Waals surface area contributed by atoms with E-state index in [9.17, 15) is 4.79 Å². The van der Waals surface area contributed by atoms with Crippen LogP contribution in [0.25, 0.3) is 10.9 Å². The zero-order valence-corrected chi connectivity index (χ0v) is 18.3. The van der Waals surface area contributed by atoms with Crippen molar-refractivity contribution >= 4 is 28.5 Å². The van der Waals surface area contributed by atoms with Crippen molar-refractivity contribution in [3.05, 3.63) is 106 Å². The van der Waals surface area contributed by atoms with Crippen molar-refractivity contribution in [2.24, 2.45) is 11.5 Å². The van der Waals surface area contributed by atoms with Crippen LogP contribution >= 0.6 is 0 Å². The number of nitrogens with zero attached hydrogens (tertiary/aromatic N) is 1. The molecule has 33 heavy (non-hydrogen) atoms. The van der Waals surface area contributed by atoms with Crippen molar-refractivity contribution in [3.63, 3.8) is 0 Å².